The van der Waals surface area contributed by atoms with Crippen LogP contribution in [0.3, 0.4) is 0 Å². The van der Waals surface area contributed by atoms with Crippen molar-refractivity contribution >= 4 is 24.3 Å². The molecule has 0 aliphatic heterocycles. The highest BCUT2D eigenvalue weighted by atomic mass is 32.2. The molecule has 2 aromatic carbocycles. The molecule has 0 atom stereocenters. The van der Waals surface area contributed by atoms with Crippen molar-refractivity contribution < 1.29 is 19.5 Å². The molecule has 0 saturated heterocycles. The standard InChI is InChI=1S/C15H17BO4S/c1-19-12-7-8-13(16(17)18)11(9-12)10-21-15-6-4-3-5-14(15)20-2/h3-9,17-18H,10H2,1-2H3. The van der Waals surface area contributed by atoms with Gasteiger partial charge in [-0.25, -0.2) is 0 Å². The topological polar surface area (TPSA) is 58.9 Å². The molecule has 0 unspecified atom stereocenters. The Hall–Kier alpha value is -1.63. The van der Waals surface area contributed by atoms with Gasteiger partial charge in [0.1, 0.15) is 11.5 Å². The Labute approximate surface area is 128 Å². The summed E-state index contributed by atoms with van der Waals surface area (Å²) in [6.45, 7) is 0. The fourth-order valence-electron chi connectivity index (χ4n) is 1.98. The maximum atomic E-state index is 9.45. The van der Waals surface area contributed by atoms with Crippen molar-refractivity contribution in [2.24, 2.45) is 0 Å². The molecule has 0 aliphatic carbocycles. The van der Waals surface area contributed by atoms with E-state index in [9.17, 15) is 10.0 Å². The molecule has 0 radical (unpaired) electrons. The molecular formula is C15H17BO4S. The van der Waals surface area contributed by atoms with Gasteiger partial charge in [-0.1, -0.05) is 18.2 Å². The lowest BCUT2D eigenvalue weighted by Crippen LogP contribution is -2.32. The van der Waals surface area contributed by atoms with Gasteiger partial charge in [0.05, 0.1) is 14.2 Å². The molecule has 0 fully saturated rings. The predicted octanol–water partition coefficient (Wildman–Crippen LogP) is 1.68. The van der Waals surface area contributed by atoms with Crippen LogP contribution in [-0.2, 0) is 5.75 Å². The third kappa shape index (κ3) is 3.94. The number of para-hydroxylation sites is 1. The first kappa shape index (κ1) is 15.8. The summed E-state index contributed by atoms with van der Waals surface area (Å²) in [4.78, 5) is 1.00. The number of rotatable bonds is 6. The van der Waals surface area contributed by atoms with E-state index < -0.39 is 7.12 Å². The van der Waals surface area contributed by atoms with Crippen LogP contribution in [0, 0.1) is 0 Å². The molecule has 0 aromatic heterocycles. The monoisotopic (exact) mass is 304 g/mol. The number of methoxy groups -OCH3 is 2. The normalized spacial score (nSPS) is 10.3. The van der Waals surface area contributed by atoms with Gasteiger partial charge in [-0.2, -0.15) is 0 Å². The van der Waals surface area contributed by atoms with Gasteiger partial charge in [0, 0.05) is 10.6 Å². The van der Waals surface area contributed by atoms with Crippen molar-refractivity contribution in [3.8, 4) is 11.5 Å². The number of hydrogen-bond donors (Lipinski definition) is 2. The number of hydrogen-bond acceptors (Lipinski definition) is 5. The summed E-state index contributed by atoms with van der Waals surface area (Å²) < 4.78 is 10.5. The molecule has 0 spiro atoms. The Bertz CT molecular complexity index is 604. The van der Waals surface area contributed by atoms with Crippen LogP contribution in [0.4, 0.5) is 0 Å². The summed E-state index contributed by atoms with van der Waals surface area (Å²) in [5.41, 5.74) is 1.30. The third-order valence-corrected chi connectivity index (χ3v) is 4.18. The maximum absolute atomic E-state index is 9.45. The third-order valence-electron chi connectivity index (χ3n) is 3.08. The highest BCUT2D eigenvalue weighted by Gasteiger charge is 2.17. The predicted molar refractivity (Wildman–Crippen MR) is 85.4 cm³/mol. The minimum atomic E-state index is -1.50. The summed E-state index contributed by atoms with van der Waals surface area (Å²) in [7, 11) is 1.72. The highest BCUT2D eigenvalue weighted by Crippen LogP contribution is 2.31. The van der Waals surface area contributed by atoms with Crippen molar-refractivity contribution in [3.05, 3.63) is 48.0 Å². The Kier molecular flexibility index (Phi) is 5.55. The molecule has 0 amide bonds. The second kappa shape index (κ2) is 7.40. The second-order valence-electron chi connectivity index (χ2n) is 4.38. The average molecular weight is 304 g/mol. The Morgan fingerprint density at radius 3 is 2.48 bits per heavy atom. The lowest BCUT2D eigenvalue weighted by atomic mass is 9.77. The zero-order valence-corrected chi connectivity index (χ0v) is 12.8. The van der Waals surface area contributed by atoms with E-state index in [-0.39, 0.29) is 0 Å². The molecule has 4 nitrogen and oxygen atoms in total. The van der Waals surface area contributed by atoms with Gasteiger partial charge in [0.25, 0.3) is 0 Å². The van der Waals surface area contributed by atoms with Crippen LogP contribution >= 0.6 is 11.8 Å². The summed E-state index contributed by atoms with van der Waals surface area (Å²) in [6, 6.07) is 12.9. The highest BCUT2D eigenvalue weighted by molar-refractivity contribution is 7.98. The van der Waals surface area contributed by atoms with E-state index in [0.717, 1.165) is 16.2 Å². The molecule has 2 rings (SSSR count). The maximum Gasteiger partial charge on any atom is 0.488 e. The molecule has 2 N–H and O–H groups in total. The van der Waals surface area contributed by atoms with E-state index in [2.05, 4.69) is 0 Å². The van der Waals surface area contributed by atoms with E-state index in [1.165, 1.54) is 0 Å². The summed E-state index contributed by atoms with van der Waals surface area (Å²) in [5.74, 6) is 2.08. The number of ether oxygens (including phenoxy) is 2. The Balaban J connectivity index is 2.22. The van der Waals surface area contributed by atoms with Crippen molar-refractivity contribution in [2.45, 2.75) is 10.6 Å². The SMILES string of the molecule is COc1ccc(B(O)O)c(CSc2ccccc2OC)c1. The Morgan fingerprint density at radius 2 is 1.81 bits per heavy atom. The molecule has 6 heteroatoms. The summed E-state index contributed by atoms with van der Waals surface area (Å²) >= 11 is 1.57. The molecule has 0 saturated carbocycles. The van der Waals surface area contributed by atoms with Crippen LogP contribution in [0.25, 0.3) is 0 Å². The first-order valence-corrected chi connectivity index (χ1v) is 7.43. The van der Waals surface area contributed by atoms with Crippen LogP contribution in [0.5, 0.6) is 11.5 Å². The lowest BCUT2D eigenvalue weighted by molar-refractivity contribution is 0.405. The smallest absolute Gasteiger partial charge is 0.488 e. The van der Waals surface area contributed by atoms with Crippen molar-refractivity contribution in [2.75, 3.05) is 14.2 Å². The van der Waals surface area contributed by atoms with E-state index in [4.69, 9.17) is 9.47 Å². The lowest BCUT2D eigenvalue weighted by Gasteiger charge is -2.12. The second-order valence-corrected chi connectivity index (χ2v) is 5.40. The molecule has 2 aromatic rings. The average Bonchev–Trinajstić information content (AvgIpc) is 2.52. The molecule has 21 heavy (non-hydrogen) atoms. The molecular weight excluding hydrogens is 287 g/mol. The van der Waals surface area contributed by atoms with Crippen LogP contribution in [0.1, 0.15) is 5.56 Å². The van der Waals surface area contributed by atoms with E-state index in [0.29, 0.717) is 17.0 Å². The molecule has 0 bridgehead atoms. The number of thioether (sulfide) groups is 1. The molecule has 0 heterocycles. The number of benzene rings is 2. The van der Waals surface area contributed by atoms with Crippen LogP contribution in [-0.4, -0.2) is 31.4 Å². The molecule has 110 valence electrons. The van der Waals surface area contributed by atoms with E-state index in [1.807, 2.05) is 30.3 Å². The van der Waals surface area contributed by atoms with Crippen molar-refractivity contribution in [1.29, 1.82) is 0 Å². The largest absolute Gasteiger partial charge is 0.497 e. The van der Waals surface area contributed by atoms with Crippen molar-refractivity contribution in [3.63, 3.8) is 0 Å². The van der Waals surface area contributed by atoms with Gasteiger partial charge in [-0.05, 0) is 35.3 Å². The first-order chi connectivity index (χ1) is 10.2. The van der Waals surface area contributed by atoms with Crippen LogP contribution < -0.4 is 14.9 Å². The van der Waals surface area contributed by atoms with Crippen LogP contribution in [0.15, 0.2) is 47.4 Å². The zero-order valence-electron chi connectivity index (χ0n) is 11.9. The fraction of sp³-hybridized carbons (Fsp3) is 0.200. The minimum absolute atomic E-state index is 0.484. The van der Waals surface area contributed by atoms with Gasteiger partial charge < -0.3 is 19.5 Å². The summed E-state index contributed by atoms with van der Waals surface area (Å²) in [6.07, 6.45) is 0. The Morgan fingerprint density at radius 1 is 1.05 bits per heavy atom. The van der Waals surface area contributed by atoms with Gasteiger partial charge in [0.15, 0.2) is 0 Å². The van der Waals surface area contributed by atoms with Crippen molar-refractivity contribution in [1.82, 2.24) is 0 Å². The van der Waals surface area contributed by atoms with Gasteiger partial charge in [-0.15, -0.1) is 11.8 Å². The minimum Gasteiger partial charge on any atom is -0.497 e. The fourth-order valence-corrected chi connectivity index (χ4v) is 3.01. The van der Waals surface area contributed by atoms with Crippen LogP contribution in [0.2, 0.25) is 0 Å². The quantitative estimate of drug-likeness (QED) is 0.628. The van der Waals surface area contributed by atoms with Gasteiger partial charge >= 0.3 is 7.12 Å². The van der Waals surface area contributed by atoms with E-state index in [1.54, 1.807) is 38.1 Å². The zero-order chi connectivity index (χ0) is 15.2. The summed E-state index contributed by atoms with van der Waals surface area (Å²) in [5, 5.41) is 18.9. The first-order valence-electron chi connectivity index (χ1n) is 6.44. The van der Waals surface area contributed by atoms with E-state index >= 15 is 0 Å². The van der Waals surface area contributed by atoms with Gasteiger partial charge in [-0.3, -0.25) is 0 Å². The van der Waals surface area contributed by atoms with Gasteiger partial charge in [0.2, 0.25) is 0 Å². The molecule has 0 aliphatic rings.